The highest BCUT2D eigenvalue weighted by Gasteiger charge is 2.27. The van der Waals surface area contributed by atoms with Gasteiger partial charge in [-0.3, -0.25) is 0 Å². The monoisotopic (exact) mass is 362 g/mol. The van der Waals surface area contributed by atoms with E-state index in [9.17, 15) is 4.79 Å². The maximum Gasteiger partial charge on any atom is 0.410 e. The molecule has 1 fully saturated rings. The van der Waals surface area contributed by atoms with Crippen molar-refractivity contribution in [2.24, 2.45) is 0 Å². The molecule has 1 amide bonds. The van der Waals surface area contributed by atoms with Gasteiger partial charge in [-0.15, -0.1) is 0 Å². The van der Waals surface area contributed by atoms with Gasteiger partial charge >= 0.3 is 6.09 Å². The van der Waals surface area contributed by atoms with Crippen molar-refractivity contribution in [3.05, 3.63) is 29.4 Å². The Morgan fingerprint density at radius 2 is 1.88 bits per heavy atom. The Kier molecular flexibility index (Phi) is 4.64. The second kappa shape index (κ2) is 6.59. The quantitative estimate of drug-likeness (QED) is 0.840. The lowest BCUT2D eigenvalue weighted by molar-refractivity contribution is 0.0241. The van der Waals surface area contributed by atoms with Crippen LogP contribution in [0.15, 0.2) is 24.4 Å². The van der Waals surface area contributed by atoms with Gasteiger partial charge in [0.05, 0.1) is 10.7 Å². The van der Waals surface area contributed by atoms with Crippen LogP contribution in [-0.4, -0.2) is 47.8 Å². The van der Waals surface area contributed by atoms with Crippen LogP contribution in [-0.2, 0) is 4.74 Å². The predicted molar refractivity (Wildman–Crippen MR) is 101 cm³/mol. The number of nitrogens with zero attached hydrogens (tertiary/aromatic N) is 3. The first-order valence-corrected chi connectivity index (χ1v) is 8.69. The van der Waals surface area contributed by atoms with E-state index in [1.807, 2.05) is 39.0 Å². The first-order valence-electron chi connectivity index (χ1n) is 8.32. The molecule has 0 aliphatic carbocycles. The van der Waals surface area contributed by atoms with Gasteiger partial charge in [0, 0.05) is 43.1 Å². The van der Waals surface area contributed by atoms with Gasteiger partial charge in [0.1, 0.15) is 11.4 Å². The minimum absolute atomic E-state index is 0.279. The topological polar surface area (TPSA) is 71.7 Å². The van der Waals surface area contributed by atoms with E-state index >= 15 is 0 Å². The lowest BCUT2D eigenvalue weighted by atomic mass is 10.1. The summed E-state index contributed by atoms with van der Waals surface area (Å²) in [5, 5.41) is 2.51. The number of carbonyl (C=O) groups excluding carboxylic acids is 1. The second-order valence-electron chi connectivity index (χ2n) is 7.15. The Bertz CT molecular complexity index is 795. The molecule has 0 radical (unpaired) electrons. The number of halogens is 1. The molecule has 0 saturated carbocycles. The number of anilines is 2. The molecule has 7 heteroatoms. The zero-order chi connectivity index (χ0) is 18.2. The SMILES string of the molecule is CC(C)(C)OC(=O)N1CCN(c2c(N)ncc3c(Cl)cccc23)CC1. The molecule has 1 aliphatic rings. The largest absolute Gasteiger partial charge is 0.444 e. The second-order valence-corrected chi connectivity index (χ2v) is 7.55. The summed E-state index contributed by atoms with van der Waals surface area (Å²) in [6, 6.07) is 5.74. The van der Waals surface area contributed by atoms with Crippen LogP contribution in [0.2, 0.25) is 5.02 Å². The van der Waals surface area contributed by atoms with Crippen LogP contribution in [0, 0.1) is 0 Å². The lowest BCUT2D eigenvalue weighted by Crippen LogP contribution is -2.50. The van der Waals surface area contributed by atoms with Crippen LogP contribution in [0.4, 0.5) is 16.3 Å². The summed E-state index contributed by atoms with van der Waals surface area (Å²) in [5.74, 6) is 0.473. The van der Waals surface area contributed by atoms with Gasteiger partial charge in [-0.2, -0.15) is 0 Å². The Hall–Kier alpha value is -2.21. The van der Waals surface area contributed by atoms with Crippen molar-refractivity contribution in [1.82, 2.24) is 9.88 Å². The van der Waals surface area contributed by atoms with Gasteiger partial charge in [-0.05, 0) is 26.8 Å². The Morgan fingerprint density at radius 3 is 2.52 bits per heavy atom. The van der Waals surface area contributed by atoms with Crippen molar-refractivity contribution >= 4 is 40.0 Å². The number of nitrogen functional groups attached to an aromatic ring is 1. The molecule has 1 aromatic carbocycles. The molecule has 134 valence electrons. The van der Waals surface area contributed by atoms with Gasteiger partial charge in [0.2, 0.25) is 0 Å². The molecule has 0 unspecified atom stereocenters. The van der Waals surface area contributed by atoms with E-state index < -0.39 is 5.60 Å². The van der Waals surface area contributed by atoms with E-state index in [1.54, 1.807) is 11.1 Å². The highest BCUT2D eigenvalue weighted by Crippen LogP contribution is 2.35. The van der Waals surface area contributed by atoms with Crippen molar-refractivity contribution in [3.8, 4) is 0 Å². The van der Waals surface area contributed by atoms with Crippen LogP contribution < -0.4 is 10.6 Å². The van der Waals surface area contributed by atoms with Gasteiger partial charge in [-0.1, -0.05) is 23.7 Å². The number of ether oxygens (including phenoxy) is 1. The molecule has 25 heavy (non-hydrogen) atoms. The van der Waals surface area contributed by atoms with Crippen molar-refractivity contribution in [2.45, 2.75) is 26.4 Å². The van der Waals surface area contributed by atoms with E-state index in [0.717, 1.165) is 16.5 Å². The van der Waals surface area contributed by atoms with E-state index in [4.69, 9.17) is 22.1 Å². The summed E-state index contributed by atoms with van der Waals surface area (Å²) >= 11 is 6.28. The third-order valence-corrected chi connectivity index (χ3v) is 4.46. The zero-order valence-electron chi connectivity index (χ0n) is 14.8. The lowest BCUT2D eigenvalue weighted by Gasteiger charge is -2.37. The molecule has 3 rings (SSSR count). The number of nitrogens with two attached hydrogens (primary N) is 1. The minimum atomic E-state index is -0.491. The fraction of sp³-hybridized carbons (Fsp3) is 0.444. The van der Waals surface area contributed by atoms with E-state index in [2.05, 4.69) is 9.88 Å². The fourth-order valence-electron chi connectivity index (χ4n) is 2.98. The molecular formula is C18H23ClN4O2. The fourth-order valence-corrected chi connectivity index (χ4v) is 3.20. The number of carbonyl (C=O) groups is 1. The molecule has 6 nitrogen and oxygen atoms in total. The number of rotatable bonds is 1. The van der Waals surface area contributed by atoms with E-state index in [1.165, 1.54) is 0 Å². The number of aromatic nitrogens is 1. The smallest absolute Gasteiger partial charge is 0.410 e. The van der Waals surface area contributed by atoms with Crippen LogP contribution in [0.25, 0.3) is 10.8 Å². The third-order valence-electron chi connectivity index (χ3n) is 4.13. The molecule has 2 N–H and O–H groups in total. The summed E-state index contributed by atoms with van der Waals surface area (Å²) < 4.78 is 5.44. The number of piperazine rings is 1. The molecule has 0 bridgehead atoms. The maximum atomic E-state index is 12.2. The van der Waals surface area contributed by atoms with Crippen LogP contribution in [0.3, 0.4) is 0 Å². The highest BCUT2D eigenvalue weighted by atomic mass is 35.5. The molecule has 2 aromatic rings. The summed E-state index contributed by atoms with van der Waals surface area (Å²) in [7, 11) is 0. The molecule has 2 heterocycles. The predicted octanol–water partition coefficient (Wildman–Crippen LogP) is 3.53. The standard InChI is InChI=1S/C18H23ClN4O2/c1-18(2,3)25-17(24)23-9-7-22(8-10-23)15-12-5-4-6-14(19)13(12)11-21-16(15)20/h4-6,11H,7-10H2,1-3H3,(H2,20,21). The molecule has 1 aromatic heterocycles. The number of pyridine rings is 1. The van der Waals surface area contributed by atoms with Crippen LogP contribution >= 0.6 is 11.6 Å². The minimum Gasteiger partial charge on any atom is -0.444 e. The first-order chi connectivity index (χ1) is 11.8. The van der Waals surface area contributed by atoms with Crippen molar-refractivity contribution < 1.29 is 9.53 Å². The zero-order valence-corrected chi connectivity index (χ0v) is 15.5. The van der Waals surface area contributed by atoms with Gasteiger partial charge in [0.15, 0.2) is 0 Å². The molecular weight excluding hydrogens is 340 g/mol. The average molecular weight is 363 g/mol. The van der Waals surface area contributed by atoms with Crippen molar-refractivity contribution in [2.75, 3.05) is 36.8 Å². The average Bonchev–Trinajstić information content (AvgIpc) is 2.53. The number of hydrogen-bond acceptors (Lipinski definition) is 5. The van der Waals surface area contributed by atoms with Crippen molar-refractivity contribution in [1.29, 1.82) is 0 Å². The number of benzene rings is 1. The van der Waals surface area contributed by atoms with Crippen LogP contribution in [0.5, 0.6) is 0 Å². The summed E-state index contributed by atoms with van der Waals surface area (Å²) in [5.41, 5.74) is 6.53. The molecule has 0 spiro atoms. The number of amides is 1. The number of fused-ring (bicyclic) bond motifs is 1. The molecule has 0 atom stereocenters. The molecule has 1 aliphatic heterocycles. The Balaban J connectivity index is 1.80. The normalized spacial score (nSPS) is 15.5. The summed E-state index contributed by atoms with van der Waals surface area (Å²) in [6.45, 7) is 8.08. The summed E-state index contributed by atoms with van der Waals surface area (Å²) in [6.07, 6.45) is 1.42. The Morgan fingerprint density at radius 1 is 1.20 bits per heavy atom. The van der Waals surface area contributed by atoms with E-state index in [0.29, 0.717) is 37.0 Å². The van der Waals surface area contributed by atoms with Crippen molar-refractivity contribution in [3.63, 3.8) is 0 Å². The van der Waals surface area contributed by atoms with Gasteiger partial charge in [-0.25, -0.2) is 9.78 Å². The van der Waals surface area contributed by atoms with E-state index in [-0.39, 0.29) is 6.09 Å². The van der Waals surface area contributed by atoms with Gasteiger partial charge in [0.25, 0.3) is 0 Å². The highest BCUT2D eigenvalue weighted by molar-refractivity contribution is 6.36. The van der Waals surface area contributed by atoms with Crippen LogP contribution in [0.1, 0.15) is 20.8 Å². The third kappa shape index (κ3) is 3.74. The molecule has 1 saturated heterocycles. The first kappa shape index (κ1) is 17.6. The van der Waals surface area contributed by atoms with Gasteiger partial charge < -0.3 is 20.3 Å². The Labute approximate surface area is 152 Å². The maximum absolute atomic E-state index is 12.2. The summed E-state index contributed by atoms with van der Waals surface area (Å²) in [4.78, 5) is 20.4. The number of hydrogen-bond donors (Lipinski definition) is 1.